The third kappa shape index (κ3) is 2.07. The highest BCUT2D eigenvalue weighted by Crippen LogP contribution is 2.38. The van der Waals surface area contributed by atoms with Gasteiger partial charge in [-0.15, -0.1) is 0 Å². The summed E-state index contributed by atoms with van der Waals surface area (Å²) < 4.78 is 0. The van der Waals surface area contributed by atoms with Crippen LogP contribution in [0.2, 0.25) is 5.02 Å². The molecule has 0 aliphatic heterocycles. The molecule has 14 heavy (non-hydrogen) atoms. The van der Waals surface area contributed by atoms with Crippen molar-refractivity contribution in [2.75, 3.05) is 0 Å². The minimum Gasteiger partial charge on any atom is -0.353 e. The number of hydrogen-bond acceptors (Lipinski definition) is 1. The van der Waals surface area contributed by atoms with Crippen LogP contribution in [0.5, 0.6) is 0 Å². The molecule has 1 aliphatic rings. The van der Waals surface area contributed by atoms with Crippen LogP contribution >= 0.6 is 11.6 Å². The van der Waals surface area contributed by atoms with Gasteiger partial charge in [0.15, 0.2) is 0 Å². The fraction of sp³-hybridized carbons (Fsp3) is 0.364. The van der Waals surface area contributed by atoms with Crippen molar-refractivity contribution >= 4 is 18.0 Å². The number of rotatable bonds is 4. The van der Waals surface area contributed by atoms with Gasteiger partial charge in [0.25, 0.3) is 0 Å². The predicted molar refractivity (Wildman–Crippen MR) is 56.3 cm³/mol. The lowest BCUT2D eigenvalue weighted by atomic mass is 10.0. The van der Waals surface area contributed by atoms with E-state index in [1.54, 1.807) is 0 Å². The maximum atomic E-state index is 10.4. The van der Waals surface area contributed by atoms with Crippen LogP contribution in [0.15, 0.2) is 24.3 Å². The topological polar surface area (TPSA) is 29.1 Å². The summed E-state index contributed by atoms with van der Waals surface area (Å²) in [5.74, 6) is 0. The summed E-state index contributed by atoms with van der Waals surface area (Å²) in [6.45, 7) is 0. The van der Waals surface area contributed by atoms with Crippen LogP contribution in [0, 0.1) is 0 Å². The molecule has 1 saturated carbocycles. The normalized spacial score (nSPS) is 17.5. The number of benzene rings is 1. The van der Waals surface area contributed by atoms with Crippen LogP contribution in [-0.4, -0.2) is 11.9 Å². The van der Waals surface area contributed by atoms with Gasteiger partial charge in [0.05, 0.1) is 0 Å². The Morgan fingerprint density at radius 3 is 2.86 bits per heavy atom. The summed E-state index contributed by atoms with van der Waals surface area (Å²) >= 11 is 5.88. The lowest BCUT2D eigenvalue weighted by Gasteiger charge is -2.13. The highest BCUT2D eigenvalue weighted by Gasteiger charge is 2.42. The van der Waals surface area contributed by atoms with Gasteiger partial charge in [-0.25, -0.2) is 0 Å². The van der Waals surface area contributed by atoms with E-state index in [1.165, 1.54) is 5.56 Å². The predicted octanol–water partition coefficient (Wildman–Crippen LogP) is 2.16. The third-order valence-electron chi connectivity index (χ3n) is 2.65. The maximum Gasteiger partial charge on any atom is 0.207 e. The summed E-state index contributed by atoms with van der Waals surface area (Å²) in [7, 11) is 0. The first-order valence-corrected chi connectivity index (χ1v) is 5.08. The molecule has 1 N–H and O–H groups in total. The third-order valence-corrected chi connectivity index (χ3v) is 2.89. The molecule has 1 aliphatic carbocycles. The Morgan fingerprint density at radius 1 is 1.50 bits per heavy atom. The lowest BCUT2D eigenvalue weighted by molar-refractivity contribution is -0.110. The molecule has 0 spiro atoms. The molecule has 0 radical (unpaired) electrons. The first-order valence-electron chi connectivity index (χ1n) is 4.70. The van der Waals surface area contributed by atoms with Crippen LogP contribution < -0.4 is 5.32 Å². The first-order chi connectivity index (χ1) is 6.74. The van der Waals surface area contributed by atoms with E-state index >= 15 is 0 Å². The molecule has 3 heteroatoms. The van der Waals surface area contributed by atoms with Crippen molar-refractivity contribution in [3.05, 3.63) is 34.9 Å². The van der Waals surface area contributed by atoms with E-state index in [9.17, 15) is 4.79 Å². The molecular formula is C11H12ClNO. The summed E-state index contributed by atoms with van der Waals surface area (Å²) in [6.07, 6.45) is 3.81. The van der Waals surface area contributed by atoms with Crippen molar-refractivity contribution < 1.29 is 4.79 Å². The summed E-state index contributed by atoms with van der Waals surface area (Å²) in [5, 5.41) is 3.63. The minimum absolute atomic E-state index is 0.0203. The van der Waals surface area contributed by atoms with Gasteiger partial charge < -0.3 is 5.32 Å². The van der Waals surface area contributed by atoms with Gasteiger partial charge >= 0.3 is 0 Å². The van der Waals surface area contributed by atoms with Crippen molar-refractivity contribution in [2.24, 2.45) is 0 Å². The summed E-state index contributed by atoms with van der Waals surface area (Å²) in [6, 6.07) is 7.79. The van der Waals surface area contributed by atoms with E-state index in [0.717, 1.165) is 30.7 Å². The highest BCUT2D eigenvalue weighted by molar-refractivity contribution is 6.30. The van der Waals surface area contributed by atoms with E-state index in [4.69, 9.17) is 11.6 Å². The molecule has 2 rings (SSSR count). The maximum absolute atomic E-state index is 10.4. The zero-order chi connectivity index (χ0) is 10.0. The smallest absolute Gasteiger partial charge is 0.207 e. The second kappa shape index (κ2) is 3.62. The summed E-state index contributed by atoms with van der Waals surface area (Å²) in [4.78, 5) is 10.4. The molecule has 1 fully saturated rings. The average molecular weight is 210 g/mol. The van der Waals surface area contributed by atoms with Gasteiger partial charge in [-0.05, 0) is 37.0 Å². The van der Waals surface area contributed by atoms with Gasteiger partial charge in [-0.1, -0.05) is 23.7 Å². The van der Waals surface area contributed by atoms with Crippen LogP contribution in [0.25, 0.3) is 0 Å². The molecular weight excluding hydrogens is 198 g/mol. The Labute approximate surface area is 88.3 Å². The van der Waals surface area contributed by atoms with Crippen LogP contribution in [0.4, 0.5) is 0 Å². The van der Waals surface area contributed by atoms with Gasteiger partial charge in [0, 0.05) is 10.6 Å². The molecule has 0 heterocycles. The molecule has 74 valence electrons. The fourth-order valence-corrected chi connectivity index (χ4v) is 1.90. The fourth-order valence-electron chi connectivity index (χ4n) is 1.69. The molecule has 0 aromatic heterocycles. The lowest BCUT2D eigenvalue weighted by Crippen LogP contribution is -2.31. The quantitative estimate of drug-likeness (QED) is 0.757. The Bertz CT molecular complexity index is 347. The van der Waals surface area contributed by atoms with Crippen LogP contribution in [0.3, 0.4) is 0 Å². The molecule has 2 nitrogen and oxygen atoms in total. The molecule has 1 amide bonds. The van der Waals surface area contributed by atoms with E-state index in [0.29, 0.717) is 0 Å². The van der Waals surface area contributed by atoms with Crippen LogP contribution in [-0.2, 0) is 11.2 Å². The largest absolute Gasteiger partial charge is 0.353 e. The number of carbonyl (C=O) groups excluding carboxylic acids is 1. The van der Waals surface area contributed by atoms with E-state index in [2.05, 4.69) is 5.32 Å². The number of hydrogen-bond donors (Lipinski definition) is 1. The number of halogens is 1. The van der Waals surface area contributed by atoms with Gasteiger partial charge in [0.1, 0.15) is 0 Å². The number of carbonyl (C=O) groups is 1. The van der Waals surface area contributed by atoms with Crippen molar-refractivity contribution in [2.45, 2.75) is 24.8 Å². The van der Waals surface area contributed by atoms with Gasteiger partial charge in [-0.3, -0.25) is 4.79 Å². The van der Waals surface area contributed by atoms with Crippen LogP contribution in [0.1, 0.15) is 18.4 Å². The Morgan fingerprint density at radius 2 is 2.29 bits per heavy atom. The Hall–Kier alpha value is -1.02. The molecule has 0 saturated heterocycles. The molecule has 1 aromatic carbocycles. The van der Waals surface area contributed by atoms with E-state index in [-0.39, 0.29) is 5.54 Å². The molecule has 0 bridgehead atoms. The minimum atomic E-state index is 0.0203. The molecule has 0 atom stereocenters. The second-order valence-corrected chi connectivity index (χ2v) is 4.29. The number of nitrogens with one attached hydrogen (secondary N) is 1. The van der Waals surface area contributed by atoms with Crippen molar-refractivity contribution in [3.63, 3.8) is 0 Å². The Kier molecular flexibility index (Phi) is 2.46. The van der Waals surface area contributed by atoms with Crippen molar-refractivity contribution in [1.82, 2.24) is 5.32 Å². The first kappa shape index (κ1) is 9.53. The van der Waals surface area contributed by atoms with E-state index < -0.39 is 0 Å². The van der Waals surface area contributed by atoms with Gasteiger partial charge in [-0.2, -0.15) is 0 Å². The molecule has 1 aromatic rings. The van der Waals surface area contributed by atoms with Crippen molar-refractivity contribution in [3.8, 4) is 0 Å². The monoisotopic (exact) mass is 209 g/mol. The van der Waals surface area contributed by atoms with Crippen molar-refractivity contribution in [1.29, 1.82) is 0 Å². The summed E-state index contributed by atoms with van der Waals surface area (Å²) in [5.41, 5.74) is 1.20. The number of amides is 1. The zero-order valence-electron chi connectivity index (χ0n) is 7.79. The second-order valence-electron chi connectivity index (χ2n) is 3.85. The van der Waals surface area contributed by atoms with Gasteiger partial charge in [0.2, 0.25) is 6.41 Å². The highest BCUT2D eigenvalue weighted by atomic mass is 35.5. The zero-order valence-corrected chi connectivity index (χ0v) is 8.55. The Balaban J connectivity index is 2.07. The molecule has 0 unspecified atom stereocenters. The SMILES string of the molecule is O=CNC1(Cc2cccc(Cl)c2)CC1. The van der Waals surface area contributed by atoms with E-state index in [1.807, 2.05) is 24.3 Å². The standard InChI is InChI=1S/C11H12ClNO/c12-10-3-1-2-9(6-10)7-11(4-5-11)13-8-14/h1-3,6,8H,4-5,7H2,(H,13,14). The average Bonchev–Trinajstić information content (AvgIpc) is 2.85.